The molecule has 1 heterocycles. The zero-order chi connectivity index (χ0) is 16.1. The lowest BCUT2D eigenvalue weighted by Gasteiger charge is -2.32. The average Bonchev–Trinajstić information content (AvgIpc) is 2.48. The minimum absolute atomic E-state index is 0.235. The average molecular weight is 305 g/mol. The monoisotopic (exact) mass is 305 g/mol. The SMILES string of the molecule is Cc1c(CN2CCC(CCN(C)C)CC2)cccc1[N+](=O)[O-]. The molecule has 0 saturated carbocycles. The van der Waals surface area contributed by atoms with Crippen LogP contribution < -0.4 is 0 Å². The second-order valence-electron chi connectivity index (χ2n) is 6.63. The van der Waals surface area contributed by atoms with Crippen molar-refractivity contribution >= 4 is 5.69 Å². The van der Waals surface area contributed by atoms with Gasteiger partial charge in [0.1, 0.15) is 0 Å². The lowest BCUT2D eigenvalue weighted by molar-refractivity contribution is -0.385. The third kappa shape index (κ3) is 4.52. The number of hydrogen-bond donors (Lipinski definition) is 0. The molecule has 5 nitrogen and oxygen atoms in total. The highest BCUT2D eigenvalue weighted by atomic mass is 16.6. The third-order valence-corrected chi connectivity index (χ3v) is 4.70. The first kappa shape index (κ1) is 16.9. The van der Waals surface area contributed by atoms with Gasteiger partial charge in [0, 0.05) is 18.2 Å². The Labute approximate surface area is 133 Å². The first-order valence-corrected chi connectivity index (χ1v) is 8.07. The van der Waals surface area contributed by atoms with Gasteiger partial charge in [-0.25, -0.2) is 0 Å². The van der Waals surface area contributed by atoms with Gasteiger partial charge in [0.15, 0.2) is 0 Å². The van der Waals surface area contributed by atoms with Gasteiger partial charge in [0.25, 0.3) is 5.69 Å². The van der Waals surface area contributed by atoms with E-state index in [1.54, 1.807) is 12.1 Å². The second-order valence-corrected chi connectivity index (χ2v) is 6.63. The van der Waals surface area contributed by atoms with Crippen LogP contribution in [0.2, 0.25) is 0 Å². The lowest BCUT2D eigenvalue weighted by atomic mass is 9.93. The minimum Gasteiger partial charge on any atom is -0.309 e. The molecule has 0 aliphatic carbocycles. The molecule has 1 aromatic carbocycles. The minimum atomic E-state index is -0.285. The number of likely N-dealkylation sites (tertiary alicyclic amines) is 1. The normalized spacial score (nSPS) is 17.1. The van der Waals surface area contributed by atoms with Crippen LogP contribution in [0.4, 0.5) is 5.69 Å². The van der Waals surface area contributed by atoms with E-state index in [4.69, 9.17) is 0 Å². The molecule has 1 aliphatic rings. The van der Waals surface area contributed by atoms with E-state index >= 15 is 0 Å². The number of piperidine rings is 1. The van der Waals surface area contributed by atoms with Crippen molar-refractivity contribution in [1.82, 2.24) is 9.80 Å². The Balaban J connectivity index is 1.89. The highest BCUT2D eigenvalue weighted by Gasteiger charge is 2.21. The zero-order valence-electron chi connectivity index (χ0n) is 13.9. The molecule has 1 aliphatic heterocycles. The van der Waals surface area contributed by atoms with Gasteiger partial charge in [-0.1, -0.05) is 12.1 Å². The fourth-order valence-corrected chi connectivity index (χ4v) is 3.15. The summed E-state index contributed by atoms with van der Waals surface area (Å²) in [7, 11) is 4.25. The molecule has 0 amide bonds. The van der Waals surface area contributed by atoms with Gasteiger partial charge in [0.2, 0.25) is 0 Å². The fourth-order valence-electron chi connectivity index (χ4n) is 3.15. The highest BCUT2D eigenvalue weighted by Crippen LogP contribution is 2.25. The molecule has 1 fully saturated rings. The Kier molecular flexibility index (Phi) is 5.91. The summed E-state index contributed by atoms with van der Waals surface area (Å²) in [4.78, 5) is 15.4. The van der Waals surface area contributed by atoms with E-state index in [-0.39, 0.29) is 10.6 Å². The van der Waals surface area contributed by atoms with E-state index in [1.165, 1.54) is 19.3 Å². The Hall–Kier alpha value is -1.46. The molecule has 22 heavy (non-hydrogen) atoms. The number of rotatable bonds is 6. The zero-order valence-corrected chi connectivity index (χ0v) is 13.9. The maximum Gasteiger partial charge on any atom is 0.272 e. The number of nitro benzene ring substituents is 1. The molecule has 0 atom stereocenters. The Morgan fingerprint density at radius 3 is 2.59 bits per heavy atom. The smallest absolute Gasteiger partial charge is 0.272 e. The molecule has 0 N–H and O–H groups in total. The first-order valence-electron chi connectivity index (χ1n) is 8.07. The summed E-state index contributed by atoms with van der Waals surface area (Å²) in [6.45, 7) is 6.04. The van der Waals surface area contributed by atoms with Gasteiger partial charge in [-0.05, 0) is 71.4 Å². The van der Waals surface area contributed by atoms with E-state index in [1.807, 2.05) is 13.0 Å². The van der Waals surface area contributed by atoms with Crippen molar-refractivity contribution in [2.45, 2.75) is 32.7 Å². The van der Waals surface area contributed by atoms with Crippen LogP contribution in [0.1, 0.15) is 30.4 Å². The molecule has 2 rings (SSSR count). The Morgan fingerprint density at radius 1 is 1.32 bits per heavy atom. The maximum absolute atomic E-state index is 11.0. The summed E-state index contributed by atoms with van der Waals surface area (Å²) in [5, 5.41) is 11.0. The van der Waals surface area contributed by atoms with E-state index in [9.17, 15) is 10.1 Å². The van der Waals surface area contributed by atoms with Crippen LogP contribution >= 0.6 is 0 Å². The molecule has 5 heteroatoms. The van der Waals surface area contributed by atoms with Crippen molar-refractivity contribution in [2.24, 2.45) is 5.92 Å². The quantitative estimate of drug-likeness (QED) is 0.598. The second kappa shape index (κ2) is 7.70. The molecule has 1 aromatic rings. The number of hydrogen-bond acceptors (Lipinski definition) is 4. The van der Waals surface area contributed by atoms with Crippen LogP contribution in [0.25, 0.3) is 0 Å². The van der Waals surface area contributed by atoms with Crippen LogP contribution in [0.15, 0.2) is 18.2 Å². The fraction of sp³-hybridized carbons (Fsp3) is 0.647. The number of nitro groups is 1. The summed E-state index contributed by atoms with van der Waals surface area (Å²) in [6, 6.07) is 5.40. The molecule has 1 saturated heterocycles. The predicted molar refractivity (Wildman–Crippen MR) is 89.0 cm³/mol. The van der Waals surface area contributed by atoms with Crippen LogP contribution in [0.3, 0.4) is 0 Å². The van der Waals surface area contributed by atoms with Crippen molar-refractivity contribution in [3.05, 3.63) is 39.4 Å². The molecular formula is C17H27N3O2. The van der Waals surface area contributed by atoms with Gasteiger partial charge in [-0.2, -0.15) is 0 Å². The summed E-state index contributed by atoms with van der Waals surface area (Å²) in [5.41, 5.74) is 2.13. The first-order chi connectivity index (χ1) is 10.5. The van der Waals surface area contributed by atoms with E-state index < -0.39 is 0 Å². The number of benzene rings is 1. The molecule has 0 unspecified atom stereocenters. The molecular weight excluding hydrogens is 278 g/mol. The van der Waals surface area contributed by atoms with Gasteiger partial charge in [-0.3, -0.25) is 15.0 Å². The van der Waals surface area contributed by atoms with Gasteiger partial charge in [-0.15, -0.1) is 0 Å². The molecule has 0 aromatic heterocycles. The van der Waals surface area contributed by atoms with Crippen molar-refractivity contribution in [1.29, 1.82) is 0 Å². The summed E-state index contributed by atoms with van der Waals surface area (Å²) >= 11 is 0. The number of nitrogens with zero attached hydrogens (tertiary/aromatic N) is 3. The van der Waals surface area contributed by atoms with Crippen molar-refractivity contribution in [2.75, 3.05) is 33.7 Å². The summed E-state index contributed by atoms with van der Waals surface area (Å²) in [5.74, 6) is 0.824. The largest absolute Gasteiger partial charge is 0.309 e. The highest BCUT2D eigenvalue weighted by molar-refractivity contribution is 5.44. The van der Waals surface area contributed by atoms with Gasteiger partial charge >= 0.3 is 0 Å². The molecule has 0 radical (unpaired) electrons. The lowest BCUT2D eigenvalue weighted by Crippen LogP contribution is -2.34. The molecule has 122 valence electrons. The third-order valence-electron chi connectivity index (χ3n) is 4.70. The standard InChI is InChI=1S/C17H27N3O2/c1-14-16(5-4-6-17(14)20(21)22)13-19-11-8-15(9-12-19)7-10-18(2)3/h4-6,15H,7-13H2,1-3H3. The maximum atomic E-state index is 11.0. The van der Waals surface area contributed by atoms with Crippen LogP contribution in [0.5, 0.6) is 0 Å². The Morgan fingerprint density at radius 2 is 2.00 bits per heavy atom. The Bertz CT molecular complexity index is 509. The van der Waals surface area contributed by atoms with Crippen molar-refractivity contribution in [3.8, 4) is 0 Å². The predicted octanol–water partition coefficient (Wildman–Crippen LogP) is 3.07. The van der Waals surface area contributed by atoms with Crippen LogP contribution in [-0.2, 0) is 6.54 Å². The molecule has 0 bridgehead atoms. The van der Waals surface area contributed by atoms with E-state index in [2.05, 4.69) is 23.9 Å². The van der Waals surface area contributed by atoms with Crippen molar-refractivity contribution in [3.63, 3.8) is 0 Å². The van der Waals surface area contributed by atoms with Crippen LogP contribution in [0, 0.1) is 23.0 Å². The topological polar surface area (TPSA) is 49.6 Å². The van der Waals surface area contributed by atoms with E-state index in [0.717, 1.165) is 43.2 Å². The van der Waals surface area contributed by atoms with Gasteiger partial charge < -0.3 is 4.90 Å². The molecule has 0 spiro atoms. The summed E-state index contributed by atoms with van der Waals surface area (Å²) < 4.78 is 0. The van der Waals surface area contributed by atoms with Crippen LogP contribution in [-0.4, -0.2) is 48.5 Å². The van der Waals surface area contributed by atoms with Crippen molar-refractivity contribution < 1.29 is 4.92 Å². The van der Waals surface area contributed by atoms with Gasteiger partial charge in [0.05, 0.1) is 4.92 Å². The van der Waals surface area contributed by atoms with E-state index in [0.29, 0.717) is 0 Å². The summed E-state index contributed by atoms with van der Waals surface area (Å²) in [6.07, 6.45) is 3.75.